The second-order valence-corrected chi connectivity index (χ2v) is 7.56. The smallest absolute Gasteiger partial charge is 0.212 e. The summed E-state index contributed by atoms with van der Waals surface area (Å²) in [5.41, 5.74) is 7.85. The fourth-order valence-corrected chi connectivity index (χ4v) is 4.17. The molecule has 3 aromatic rings. The summed E-state index contributed by atoms with van der Waals surface area (Å²) in [5.74, 6) is 0. The molecule has 0 radical (unpaired) electrons. The zero-order valence-corrected chi connectivity index (χ0v) is 15.7. The number of benzene rings is 2. The van der Waals surface area contributed by atoms with Crippen molar-refractivity contribution >= 4 is 22.7 Å². The lowest BCUT2D eigenvalue weighted by atomic mass is 9.83. The summed E-state index contributed by atoms with van der Waals surface area (Å²) in [6, 6.07) is 19.6. The number of hydrogen-bond acceptors (Lipinski definition) is 1. The Balaban J connectivity index is 1.93. The average molecular weight is 329 g/mol. The number of nitrogens with zero attached hydrogens (tertiary/aromatic N) is 2. The maximum atomic E-state index is 2.35. The molecule has 4 rings (SSSR count). The van der Waals surface area contributed by atoms with Crippen LogP contribution in [0.3, 0.4) is 0 Å². The average Bonchev–Trinajstić information content (AvgIpc) is 2.80. The predicted molar refractivity (Wildman–Crippen MR) is 106 cm³/mol. The number of fused-ring (bicyclic) bond motifs is 2. The first-order valence-electron chi connectivity index (χ1n) is 8.85. The molecular weight excluding hydrogens is 304 g/mol. The summed E-state index contributed by atoms with van der Waals surface area (Å²) in [6.07, 6.45) is 2.35. The van der Waals surface area contributed by atoms with Crippen molar-refractivity contribution in [1.82, 2.24) is 0 Å². The summed E-state index contributed by atoms with van der Waals surface area (Å²) in [5, 5.41) is 1.31. The van der Waals surface area contributed by atoms with E-state index in [9.17, 15) is 0 Å². The number of aryl methyl sites for hydroxylation is 2. The van der Waals surface area contributed by atoms with Gasteiger partial charge in [-0.3, -0.25) is 0 Å². The second kappa shape index (κ2) is 5.45. The van der Waals surface area contributed by atoms with E-state index >= 15 is 0 Å². The highest BCUT2D eigenvalue weighted by atomic mass is 15.2. The van der Waals surface area contributed by atoms with E-state index < -0.39 is 0 Å². The van der Waals surface area contributed by atoms with Crippen LogP contribution in [0.1, 0.15) is 30.7 Å². The molecule has 0 amide bonds. The number of rotatable bonds is 1. The summed E-state index contributed by atoms with van der Waals surface area (Å²) in [7, 11) is 4.33. The van der Waals surface area contributed by atoms with Gasteiger partial charge in [-0.05, 0) is 30.2 Å². The Labute approximate surface area is 150 Å². The molecule has 2 aromatic carbocycles. The molecule has 0 unspecified atom stereocenters. The quantitative estimate of drug-likeness (QED) is 0.585. The van der Waals surface area contributed by atoms with E-state index in [1.807, 2.05) is 0 Å². The molecule has 2 heteroatoms. The Morgan fingerprint density at radius 3 is 2.44 bits per heavy atom. The first kappa shape index (κ1) is 15.9. The Morgan fingerprint density at radius 2 is 1.68 bits per heavy atom. The van der Waals surface area contributed by atoms with Gasteiger partial charge in [-0.25, -0.2) is 0 Å². The van der Waals surface area contributed by atoms with Crippen LogP contribution in [-0.2, 0) is 12.5 Å². The monoisotopic (exact) mass is 329 g/mol. The molecule has 2 nitrogen and oxygen atoms in total. The molecule has 0 fully saturated rings. The van der Waals surface area contributed by atoms with Crippen molar-refractivity contribution in [3.63, 3.8) is 0 Å². The third-order valence-electron chi connectivity index (χ3n) is 5.67. The van der Waals surface area contributed by atoms with Gasteiger partial charge in [0.2, 0.25) is 11.2 Å². The fourth-order valence-electron chi connectivity index (χ4n) is 4.17. The minimum atomic E-state index is -0.00209. The highest BCUT2D eigenvalue weighted by Crippen LogP contribution is 2.47. The molecule has 1 aliphatic heterocycles. The Morgan fingerprint density at radius 1 is 1.00 bits per heavy atom. The maximum Gasteiger partial charge on any atom is 0.212 e. The van der Waals surface area contributed by atoms with Gasteiger partial charge in [-0.2, -0.15) is 4.57 Å². The van der Waals surface area contributed by atoms with Crippen LogP contribution in [-0.4, -0.2) is 7.05 Å². The number of aromatic nitrogens is 1. The molecule has 25 heavy (non-hydrogen) atoms. The van der Waals surface area contributed by atoms with Crippen LogP contribution in [0.25, 0.3) is 17.0 Å². The highest BCUT2D eigenvalue weighted by Gasteiger charge is 2.38. The number of hydrogen-bond donors (Lipinski definition) is 0. The van der Waals surface area contributed by atoms with Gasteiger partial charge in [0.15, 0.2) is 0 Å². The van der Waals surface area contributed by atoms with Gasteiger partial charge in [0.25, 0.3) is 0 Å². The van der Waals surface area contributed by atoms with E-state index in [-0.39, 0.29) is 5.41 Å². The van der Waals surface area contributed by atoms with Crippen molar-refractivity contribution in [2.24, 2.45) is 7.05 Å². The van der Waals surface area contributed by atoms with Gasteiger partial charge < -0.3 is 4.90 Å². The molecular formula is C23H25N2+. The van der Waals surface area contributed by atoms with Crippen molar-refractivity contribution in [2.45, 2.75) is 26.2 Å². The van der Waals surface area contributed by atoms with E-state index in [2.05, 4.69) is 105 Å². The van der Waals surface area contributed by atoms with Gasteiger partial charge in [0.05, 0.1) is 0 Å². The van der Waals surface area contributed by atoms with Crippen LogP contribution >= 0.6 is 0 Å². The summed E-state index contributed by atoms with van der Waals surface area (Å²) in [4.78, 5) is 2.33. The standard InChI is InChI=1S/C23H25N2/c1-16-14-17(24(4)20-12-8-6-10-18(16)20)15-22-23(2,3)19-11-7-9-13-21(19)25(22)5/h6-15H,1-5H3/q+1. The summed E-state index contributed by atoms with van der Waals surface area (Å²) in [6.45, 7) is 6.83. The lowest BCUT2D eigenvalue weighted by Gasteiger charge is -2.23. The normalized spacial score (nSPS) is 17.3. The topological polar surface area (TPSA) is 7.12 Å². The van der Waals surface area contributed by atoms with Crippen molar-refractivity contribution in [3.8, 4) is 0 Å². The lowest BCUT2D eigenvalue weighted by molar-refractivity contribution is -0.646. The van der Waals surface area contributed by atoms with Crippen LogP contribution in [0, 0.1) is 6.92 Å². The van der Waals surface area contributed by atoms with Crippen LogP contribution in [0.2, 0.25) is 0 Å². The number of allylic oxidation sites excluding steroid dienone is 1. The molecule has 0 saturated carbocycles. The molecule has 0 N–H and O–H groups in total. The van der Waals surface area contributed by atoms with Crippen molar-refractivity contribution in [1.29, 1.82) is 0 Å². The molecule has 1 aliphatic rings. The van der Waals surface area contributed by atoms with Crippen molar-refractivity contribution in [3.05, 3.63) is 77.1 Å². The molecule has 0 bridgehead atoms. The van der Waals surface area contributed by atoms with Gasteiger partial charge in [0.1, 0.15) is 7.05 Å². The number of anilines is 1. The minimum Gasteiger partial charge on any atom is -0.347 e. The molecule has 1 aromatic heterocycles. The van der Waals surface area contributed by atoms with Gasteiger partial charge in [-0.15, -0.1) is 0 Å². The zero-order valence-electron chi connectivity index (χ0n) is 15.7. The van der Waals surface area contributed by atoms with Gasteiger partial charge >= 0.3 is 0 Å². The number of pyridine rings is 1. The van der Waals surface area contributed by atoms with E-state index in [1.54, 1.807) is 0 Å². The second-order valence-electron chi connectivity index (χ2n) is 7.56. The largest absolute Gasteiger partial charge is 0.347 e. The first-order valence-corrected chi connectivity index (χ1v) is 8.85. The SMILES string of the molecule is Cc1cc(C=C2N(C)c3ccccc3C2(C)C)[n+](C)c2ccccc12. The Hall–Kier alpha value is -2.61. The Bertz CT molecular complexity index is 1010. The first-order chi connectivity index (χ1) is 11.9. The highest BCUT2D eigenvalue weighted by molar-refractivity contribution is 5.81. The predicted octanol–water partition coefficient (Wildman–Crippen LogP) is 4.74. The van der Waals surface area contributed by atoms with Crippen LogP contribution in [0.15, 0.2) is 60.3 Å². The van der Waals surface area contributed by atoms with Crippen LogP contribution in [0.5, 0.6) is 0 Å². The van der Waals surface area contributed by atoms with Gasteiger partial charge in [0, 0.05) is 47.4 Å². The number of likely N-dealkylation sites (N-methyl/N-ethyl adjacent to an activating group) is 1. The summed E-state index contributed by atoms with van der Waals surface area (Å²) >= 11 is 0. The summed E-state index contributed by atoms with van der Waals surface area (Å²) < 4.78 is 2.29. The van der Waals surface area contributed by atoms with E-state index in [0.29, 0.717) is 0 Å². The maximum absolute atomic E-state index is 2.35. The van der Waals surface area contributed by atoms with Crippen molar-refractivity contribution < 1.29 is 4.57 Å². The molecule has 0 aliphatic carbocycles. The molecule has 0 saturated heterocycles. The lowest BCUT2D eigenvalue weighted by Crippen LogP contribution is -2.34. The zero-order chi connectivity index (χ0) is 17.8. The van der Waals surface area contributed by atoms with Crippen molar-refractivity contribution in [2.75, 3.05) is 11.9 Å². The molecule has 0 atom stereocenters. The molecule has 126 valence electrons. The van der Waals surface area contributed by atoms with Gasteiger partial charge in [-0.1, -0.05) is 44.2 Å². The minimum absolute atomic E-state index is 0.00209. The third kappa shape index (κ3) is 2.28. The third-order valence-corrected chi connectivity index (χ3v) is 5.67. The fraction of sp³-hybridized carbons (Fsp3) is 0.261. The molecule has 0 spiro atoms. The Kier molecular flexibility index (Phi) is 3.47. The van der Waals surface area contributed by atoms with E-state index in [0.717, 1.165) is 0 Å². The van der Waals surface area contributed by atoms with Crippen LogP contribution < -0.4 is 9.47 Å². The number of para-hydroxylation sites is 2. The van der Waals surface area contributed by atoms with E-state index in [1.165, 1.54) is 39.1 Å². The van der Waals surface area contributed by atoms with Crippen LogP contribution in [0.4, 0.5) is 5.69 Å². The molecule has 2 heterocycles. The van der Waals surface area contributed by atoms with E-state index in [4.69, 9.17) is 0 Å².